The summed E-state index contributed by atoms with van der Waals surface area (Å²) in [6.07, 6.45) is 7.58. The highest BCUT2D eigenvalue weighted by molar-refractivity contribution is 9.10. The number of pyridine rings is 1. The zero-order valence-corrected chi connectivity index (χ0v) is 22.1. The summed E-state index contributed by atoms with van der Waals surface area (Å²) in [4.78, 5) is 18.6. The lowest BCUT2D eigenvalue weighted by Gasteiger charge is -2.33. The van der Waals surface area contributed by atoms with E-state index < -0.39 is 0 Å². The van der Waals surface area contributed by atoms with E-state index >= 15 is 0 Å². The number of halogens is 4. The maximum Gasteiger partial charge on any atom is 0.252 e. The van der Waals surface area contributed by atoms with E-state index in [9.17, 15) is 4.79 Å². The van der Waals surface area contributed by atoms with E-state index in [-0.39, 0.29) is 43.1 Å². The van der Waals surface area contributed by atoms with E-state index in [4.69, 9.17) is 4.74 Å². The van der Waals surface area contributed by atoms with Gasteiger partial charge in [-0.3, -0.25) is 9.78 Å². The normalized spacial score (nSPS) is 13.7. The number of hydrogen-bond donors (Lipinski definition) is 2. The molecule has 0 bridgehead atoms. The second-order valence-electron chi connectivity index (χ2n) is 7.32. The summed E-state index contributed by atoms with van der Waals surface area (Å²) in [6.45, 7) is 3.97. The molecule has 2 aromatic rings. The topological polar surface area (TPSA) is 66.5 Å². The number of nitrogens with zero attached hydrogens (tertiary/aromatic N) is 2. The van der Waals surface area contributed by atoms with Gasteiger partial charge in [0.25, 0.3) is 5.91 Å². The number of likely N-dealkylation sites (tertiary alicyclic amines) is 1. The number of ether oxygens (including phenoxy) is 1. The predicted octanol–water partition coefficient (Wildman–Crippen LogP) is 5.20. The van der Waals surface area contributed by atoms with Crippen molar-refractivity contribution in [2.75, 3.05) is 38.6 Å². The van der Waals surface area contributed by atoms with Gasteiger partial charge in [0, 0.05) is 42.5 Å². The number of rotatable bonds is 9. The number of carbonyl (C=O) groups excluding carboxylic acids is 1. The Labute approximate surface area is 217 Å². The van der Waals surface area contributed by atoms with Gasteiger partial charge >= 0.3 is 0 Å². The molecule has 0 atom stereocenters. The molecule has 180 valence electrons. The molecule has 2 heterocycles. The summed E-state index contributed by atoms with van der Waals surface area (Å²) in [6, 6.07) is 10.4. The Morgan fingerprint density at radius 1 is 1.16 bits per heavy atom. The van der Waals surface area contributed by atoms with Crippen LogP contribution in [-0.4, -0.2) is 55.1 Å². The van der Waals surface area contributed by atoms with E-state index in [2.05, 4.69) is 42.5 Å². The highest BCUT2D eigenvalue weighted by Crippen LogP contribution is 2.26. The average Bonchev–Trinajstić information content (AvgIpc) is 2.75. The Bertz CT molecular complexity index is 808. The number of nitrogens with one attached hydrogen (secondary N) is 2. The van der Waals surface area contributed by atoms with Gasteiger partial charge < -0.3 is 20.3 Å². The minimum Gasteiger partial charge on any atom is -0.495 e. The second kappa shape index (κ2) is 16.4. The molecule has 2 N–H and O–H groups in total. The smallest absolute Gasteiger partial charge is 0.252 e. The molecule has 32 heavy (non-hydrogen) atoms. The van der Waals surface area contributed by atoms with Gasteiger partial charge in [-0.15, -0.1) is 37.2 Å². The lowest BCUT2D eigenvalue weighted by Crippen LogP contribution is -2.39. The molecule has 0 unspecified atom stereocenters. The number of amides is 1. The van der Waals surface area contributed by atoms with Crippen molar-refractivity contribution in [2.24, 2.45) is 0 Å². The van der Waals surface area contributed by atoms with Gasteiger partial charge in [0.05, 0.1) is 18.4 Å². The Kier molecular flexibility index (Phi) is 15.7. The van der Waals surface area contributed by atoms with Gasteiger partial charge in [0.1, 0.15) is 5.75 Å². The minimum atomic E-state index is -0.0676. The van der Waals surface area contributed by atoms with Crippen molar-refractivity contribution in [3.63, 3.8) is 0 Å². The first-order valence-corrected chi connectivity index (χ1v) is 11.0. The molecule has 10 heteroatoms. The largest absolute Gasteiger partial charge is 0.495 e. The molecule has 0 spiro atoms. The van der Waals surface area contributed by atoms with Crippen LogP contribution in [0.2, 0.25) is 0 Å². The van der Waals surface area contributed by atoms with E-state index in [0.717, 1.165) is 61.2 Å². The molecule has 0 radical (unpaired) electrons. The van der Waals surface area contributed by atoms with Gasteiger partial charge in [-0.05, 0) is 66.4 Å². The van der Waals surface area contributed by atoms with E-state index in [1.54, 1.807) is 25.6 Å². The van der Waals surface area contributed by atoms with Crippen LogP contribution in [0, 0.1) is 0 Å². The van der Waals surface area contributed by atoms with Crippen molar-refractivity contribution in [1.82, 2.24) is 15.2 Å². The number of aromatic nitrogens is 1. The van der Waals surface area contributed by atoms with Crippen molar-refractivity contribution in [2.45, 2.75) is 31.7 Å². The van der Waals surface area contributed by atoms with E-state index in [1.807, 2.05) is 18.2 Å². The van der Waals surface area contributed by atoms with Crippen LogP contribution >= 0.6 is 53.2 Å². The minimum absolute atomic E-state index is 0. The maximum absolute atomic E-state index is 12.1. The molecule has 1 amide bonds. The Morgan fingerprint density at radius 3 is 2.56 bits per heavy atom. The third kappa shape index (κ3) is 9.71. The molecule has 1 aliphatic heterocycles. The van der Waals surface area contributed by atoms with Gasteiger partial charge in [-0.2, -0.15) is 0 Å². The molecule has 1 fully saturated rings. The van der Waals surface area contributed by atoms with E-state index in [0.29, 0.717) is 18.2 Å². The lowest BCUT2D eigenvalue weighted by atomic mass is 10.0. The summed E-state index contributed by atoms with van der Waals surface area (Å²) in [5, 5.41) is 6.59. The van der Waals surface area contributed by atoms with Crippen LogP contribution in [0.5, 0.6) is 5.75 Å². The first kappa shape index (κ1) is 30.8. The molecule has 0 saturated carbocycles. The third-order valence-electron chi connectivity index (χ3n) is 5.21. The summed E-state index contributed by atoms with van der Waals surface area (Å²) >= 11 is 3.34. The fourth-order valence-electron chi connectivity index (χ4n) is 3.59. The van der Waals surface area contributed by atoms with Crippen LogP contribution in [0.15, 0.2) is 47.2 Å². The van der Waals surface area contributed by atoms with Crippen LogP contribution in [0.1, 0.15) is 36.0 Å². The van der Waals surface area contributed by atoms with Crippen LogP contribution in [-0.2, 0) is 0 Å². The molecule has 1 aromatic carbocycles. The first-order chi connectivity index (χ1) is 14.2. The molecule has 1 saturated heterocycles. The van der Waals surface area contributed by atoms with Crippen molar-refractivity contribution in [3.05, 3.63) is 52.8 Å². The highest BCUT2D eigenvalue weighted by Gasteiger charge is 2.19. The number of benzene rings is 1. The zero-order chi connectivity index (χ0) is 20.5. The molecular weight excluding hydrogens is 539 g/mol. The lowest BCUT2D eigenvalue weighted by molar-refractivity contribution is 0.0952. The molecule has 3 rings (SSSR count). The zero-order valence-electron chi connectivity index (χ0n) is 18.1. The summed E-state index contributed by atoms with van der Waals surface area (Å²) in [5.74, 6) is 0.831. The van der Waals surface area contributed by atoms with Crippen LogP contribution in [0.3, 0.4) is 0 Å². The Hall–Kier alpha value is -1.25. The van der Waals surface area contributed by atoms with Crippen LogP contribution in [0.25, 0.3) is 0 Å². The predicted molar refractivity (Wildman–Crippen MR) is 141 cm³/mol. The third-order valence-corrected chi connectivity index (χ3v) is 5.64. The number of para-hydroxylation sites is 2. The standard InChI is InChI=1S/C22H29BrN4O2.3ClH/c1-29-21-7-3-2-6-20(21)26-19-8-12-27(13-9-19)11-5-4-10-25-22(28)17-14-18(23)16-24-15-17;;;/h2-3,6-7,14-16,19,26H,4-5,8-13H2,1H3,(H,25,28);3*1H. The first-order valence-electron chi connectivity index (χ1n) is 10.2. The summed E-state index contributed by atoms with van der Waals surface area (Å²) in [7, 11) is 1.71. The summed E-state index contributed by atoms with van der Waals surface area (Å²) < 4.78 is 6.24. The Balaban J connectivity index is 0.00000320. The van der Waals surface area contributed by atoms with Crippen molar-refractivity contribution in [3.8, 4) is 5.75 Å². The number of methoxy groups -OCH3 is 1. The molecule has 0 aliphatic carbocycles. The molecule has 6 nitrogen and oxygen atoms in total. The molecular formula is C22H32BrCl3N4O2. The number of carbonyl (C=O) groups is 1. The molecule has 1 aromatic heterocycles. The monoisotopic (exact) mass is 568 g/mol. The van der Waals surface area contributed by atoms with Crippen molar-refractivity contribution >= 4 is 64.7 Å². The van der Waals surface area contributed by atoms with Gasteiger partial charge in [-0.25, -0.2) is 0 Å². The fraction of sp³-hybridized carbons (Fsp3) is 0.455. The Morgan fingerprint density at radius 2 is 1.88 bits per heavy atom. The van der Waals surface area contributed by atoms with Gasteiger partial charge in [0.2, 0.25) is 0 Å². The highest BCUT2D eigenvalue weighted by atomic mass is 79.9. The maximum atomic E-state index is 12.1. The van der Waals surface area contributed by atoms with Crippen LogP contribution < -0.4 is 15.4 Å². The molecule has 1 aliphatic rings. The quantitative estimate of drug-likeness (QED) is 0.406. The SMILES string of the molecule is COc1ccccc1NC1CCN(CCCCNC(=O)c2cncc(Br)c2)CC1.Cl.Cl.Cl. The van der Waals surface area contributed by atoms with Crippen molar-refractivity contribution < 1.29 is 9.53 Å². The van der Waals surface area contributed by atoms with Gasteiger partial charge in [-0.1, -0.05) is 12.1 Å². The van der Waals surface area contributed by atoms with Crippen LogP contribution in [0.4, 0.5) is 5.69 Å². The number of hydrogen-bond acceptors (Lipinski definition) is 5. The number of anilines is 1. The average molecular weight is 571 g/mol. The second-order valence-corrected chi connectivity index (χ2v) is 8.23. The fourth-order valence-corrected chi connectivity index (χ4v) is 3.95. The van der Waals surface area contributed by atoms with Crippen molar-refractivity contribution in [1.29, 1.82) is 0 Å². The summed E-state index contributed by atoms with van der Waals surface area (Å²) in [5.41, 5.74) is 1.66. The number of unbranched alkanes of at least 4 members (excludes halogenated alkanes) is 1. The number of piperidine rings is 1. The van der Waals surface area contributed by atoms with Gasteiger partial charge in [0.15, 0.2) is 0 Å². The van der Waals surface area contributed by atoms with E-state index in [1.165, 1.54) is 0 Å².